The number of likely N-dealkylation sites (tertiary alicyclic amines) is 1. The van der Waals surface area contributed by atoms with Crippen LogP contribution in [0, 0.1) is 33.6 Å². The Morgan fingerprint density at radius 3 is 2.24 bits per heavy atom. The van der Waals surface area contributed by atoms with Gasteiger partial charge in [0.05, 0.1) is 5.56 Å². The van der Waals surface area contributed by atoms with Crippen molar-refractivity contribution in [3.63, 3.8) is 0 Å². The van der Waals surface area contributed by atoms with Gasteiger partial charge in [-0.25, -0.2) is 8.42 Å². The molecule has 1 aromatic carbocycles. The van der Waals surface area contributed by atoms with Crippen molar-refractivity contribution in [1.82, 2.24) is 14.2 Å². The van der Waals surface area contributed by atoms with Gasteiger partial charge in [-0.2, -0.15) is 4.31 Å². The van der Waals surface area contributed by atoms with Gasteiger partial charge in [0.1, 0.15) is 4.90 Å². The number of H-pyrrole nitrogens is 1. The van der Waals surface area contributed by atoms with Crippen LogP contribution < -0.4 is 5.32 Å². The molecule has 2 N–H and O–H groups in total. The number of sulfonamides is 1. The first kappa shape index (κ1) is 24.5. The smallest absolute Gasteiger partial charge is 0.257 e. The molecular weight excluding hydrogens is 452 g/mol. The van der Waals surface area contributed by atoms with Crippen molar-refractivity contribution in [3.8, 4) is 0 Å². The molecule has 8 nitrogen and oxygen atoms in total. The highest BCUT2D eigenvalue weighted by Gasteiger charge is 2.38. The van der Waals surface area contributed by atoms with E-state index in [1.807, 2.05) is 32.0 Å². The Bertz CT molecular complexity index is 1200. The molecule has 2 aromatic rings. The Morgan fingerprint density at radius 2 is 1.62 bits per heavy atom. The summed E-state index contributed by atoms with van der Waals surface area (Å²) in [6.07, 6.45) is 2.75. The normalized spacial score (nSPS) is 17.8. The minimum absolute atomic E-state index is 0.0810. The molecule has 4 rings (SSSR count). The Morgan fingerprint density at radius 1 is 0.971 bits per heavy atom. The lowest BCUT2D eigenvalue weighted by Crippen LogP contribution is -2.42. The molecule has 0 bridgehead atoms. The molecule has 34 heavy (non-hydrogen) atoms. The van der Waals surface area contributed by atoms with Crippen molar-refractivity contribution in [2.75, 3.05) is 31.5 Å². The fourth-order valence-electron chi connectivity index (χ4n) is 5.09. The van der Waals surface area contributed by atoms with Crippen molar-refractivity contribution in [2.45, 2.75) is 58.3 Å². The van der Waals surface area contributed by atoms with Gasteiger partial charge in [-0.05, 0) is 65.0 Å². The van der Waals surface area contributed by atoms with Crippen molar-refractivity contribution in [2.24, 2.45) is 5.92 Å². The highest BCUT2D eigenvalue weighted by molar-refractivity contribution is 7.89. The molecule has 0 spiro atoms. The standard InChI is InChI=1S/C25H34N4O4S/c1-16-7-8-21(17(2)15-16)27-24(30)20-9-13-29(14-10-20)34(32,33)23-19(4)26-18(3)22(23)25(31)28-11-5-6-12-28/h7-8,15,20,26H,5-6,9-14H2,1-4H3,(H,27,30). The van der Waals surface area contributed by atoms with Gasteiger partial charge < -0.3 is 15.2 Å². The van der Waals surface area contributed by atoms with Gasteiger partial charge >= 0.3 is 0 Å². The topological polar surface area (TPSA) is 103 Å². The summed E-state index contributed by atoms with van der Waals surface area (Å²) in [5, 5.41) is 3.00. The average Bonchev–Trinajstić information content (AvgIpc) is 3.43. The number of carbonyl (C=O) groups excluding carboxylic acids is 2. The summed E-state index contributed by atoms with van der Waals surface area (Å²) in [6, 6.07) is 5.88. The summed E-state index contributed by atoms with van der Waals surface area (Å²) in [7, 11) is -3.87. The molecule has 2 amide bonds. The number of hydrogen-bond donors (Lipinski definition) is 2. The SMILES string of the molecule is Cc1ccc(NC(=O)C2CCN(S(=O)(=O)c3c(C)[nH]c(C)c3C(=O)N3CCCC3)CC2)c(C)c1. The van der Waals surface area contributed by atoms with Crippen LogP contribution in [0.25, 0.3) is 0 Å². The molecular formula is C25H34N4O4S. The van der Waals surface area contributed by atoms with Gasteiger partial charge in [0.2, 0.25) is 15.9 Å². The van der Waals surface area contributed by atoms with Gasteiger partial charge in [0, 0.05) is 49.2 Å². The Kier molecular flexibility index (Phi) is 6.87. The highest BCUT2D eigenvalue weighted by Crippen LogP contribution is 2.32. The van der Waals surface area contributed by atoms with Crippen molar-refractivity contribution < 1.29 is 18.0 Å². The predicted molar refractivity (Wildman–Crippen MR) is 131 cm³/mol. The first-order valence-electron chi connectivity index (χ1n) is 12.0. The lowest BCUT2D eigenvalue weighted by Gasteiger charge is -2.31. The van der Waals surface area contributed by atoms with E-state index < -0.39 is 10.0 Å². The van der Waals surface area contributed by atoms with Gasteiger partial charge in [-0.1, -0.05) is 17.7 Å². The monoisotopic (exact) mass is 486 g/mol. The first-order chi connectivity index (χ1) is 16.1. The summed E-state index contributed by atoms with van der Waals surface area (Å²) < 4.78 is 28.7. The molecule has 0 atom stereocenters. The second-order valence-electron chi connectivity index (χ2n) is 9.56. The number of carbonyl (C=O) groups is 2. The van der Waals surface area contributed by atoms with Crippen LogP contribution in [0.5, 0.6) is 0 Å². The number of amides is 2. The van der Waals surface area contributed by atoms with Crippen molar-refractivity contribution in [1.29, 1.82) is 0 Å². The van der Waals surface area contributed by atoms with Gasteiger partial charge in [-0.15, -0.1) is 0 Å². The Hall–Kier alpha value is -2.65. The summed E-state index contributed by atoms with van der Waals surface area (Å²) in [5.41, 5.74) is 4.24. The van der Waals surface area contributed by atoms with Crippen LogP contribution in [0.1, 0.15) is 58.6 Å². The number of aromatic amines is 1. The van der Waals surface area contributed by atoms with E-state index in [1.165, 1.54) is 4.31 Å². The minimum atomic E-state index is -3.87. The molecule has 2 aliphatic rings. The molecule has 184 valence electrons. The summed E-state index contributed by atoms with van der Waals surface area (Å²) in [6.45, 7) is 9.21. The maximum Gasteiger partial charge on any atom is 0.257 e. The molecule has 1 aromatic heterocycles. The fourth-order valence-corrected chi connectivity index (χ4v) is 6.98. The third-order valence-corrected chi connectivity index (χ3v) is 9.06. The van der Waals surface area contributed by atoms with Gasteiger partial charge in [0.25, 0.3) is 5.91 Å². The zero-order valence-electron chi connectivity index (χ0n) is 20.4. The molecule has 0 saturated carbocycles. The number of aryl methyl sites for hydroxylation is 4. The molecule has 9 heteroatoms. The fraction of sp³-hybridized carbons (Fsp3) is 0.520. The maximum atomic E-state index is 13.6. The van der Waals surface area contributed by atoms with Gasteiger partial charge in [-0.3, -0.25) is 9.59 Å². The highest BCUT2D eigenvalue weighted by atomic mass is 32.2. The summed E-state index contributed by atoms with van der Waals surface area (Å²) >= 11 is 0. The summed E-state index contributed by atoms with van der Waals surface area (Å²) in [5.74, 6) is -0.560. The zero-order valence-corrected chi connectivity index (χ0v) is 21.2. The first-order valence-corrected chi connectivity index (χ1v) is 13.4. The number of benzene rings is 1. The number of piperidine rings is 1. The van der Waals surface area contributed by atoms with Gasteiger partial charge in [0.15, 0.2) is 0 Å². The van der Waals surface area contributed by atoms with Crippen LogP contribution in [-0.2, 0) is 14.8 Å². The molecule has 0 unspecified atom stereocenters. The van der Waals surface area contributed by atoms with E-state index in [0.717, 1.165) is 29.7 Å². The molecule has 2 saturated heterocycles. The van der Waals surface area contributed by atoms with E-state index in [4.69, 9.17) is 0 Å². The van der Waals surface area contributed by atoms with E-state index in [1.54, 1.807) is 18.7 Å². The number of anilines is 1. The Labute approximate surface area is 201 Å². The van der Waals surface area contributed by atoms with Crippen molar-refractivity contribution in [3.05, 3.63) is 46.3 Å². The van der Waals surface area contributed by atoms with Crippen LogP contribution in [0.3, 0.4) is 0 Å². The molecule has 3 heterocycles. The lowest BCUT2D eigenvalue weighted by atomic mass is 9.97. The second kappa shape index (κ2) is 9.54. The molecule has 2 fully saturated rings. The molecule has 0 radical (unpaired) electrons. The third-order valence-electron chi connectivity index (χ3n) is 6.99. The van der Waals surface area contributed by atoms with E-state index in [9.17, 15) is 18.0 Å². The van der Waals surface area contributed by atoms with E-state index in [-0.39, 0.29) is 41.3 Å². The minimum Gasteiger partial charge on any atom is -0.361 e. The van der Waals surface area contributed by atoms with E-state index in [0.29, 0.717) is 37.3 Å². The maximum absolute atomic E-state index is 13.6. The number of nitrogens with zero attached hydrogens (tertiary/aromatic N) is 2. The number of rotatable bonds is 5. The van der Waals surface area contributed by atoms with Crippen LogP contribution >= 0.6 is 0 Å². The van der Waals surface area contributed by atoms with E-state index in [2.05, 4.69) is 10.3 Å². The van der Waals surface area contributed by atoms with E-state index >= 15 is 0 Å². The lowest BCUT2D eigenvalue weighted by molar-refractivity contribution is -0.120. The van der Waals surface area contributed by atoms with Crippen LogP contribution in [0.2, 0.25) is 0 Å². The predicted octanol–water partition coefficient (Wildman–Crippen LogP) is 3.52. The summed E-state index contributed by atoms with van der Waals surface area (Å²) in [4.78, 5) is 30.9. The molecule has 2 aliphatic heterocycles. The average molecular weight is 487 g/mol. The van der Waals surface area contributed by atoms with Crippen LogP contribution in [0.15, 0.2) is 23.1 Å². The third kappa shape index (κ3) is 4.63. The number of hydrogen-bond acceptors (Lipinski definition) is 4. The number of nitrogens with one attached hydrogen (secondary N) is 2. The zero-order chi connectivity index (χ0) is 24.6. The largest absolute Gasteiger partial charge is 0.361 e. The Balaban J connectivity index is 1.48. The van der Waals surface area contributed by atoms with Crippen molar-refractivity contribution >= 4 is 27.5 Å². The molecule has 0 aliphatic carbocycles. The quantitative estimate of drug-likeness (QED) is 0.675. The second-order valence-corrected chi connectivity index (χ2v) is 11.4. The van der Waals surface area contributed by atoms with Crippen LogP contribution in [-0.4, -0.2) is 60.6 Å². The van der Waals surface area contributed by atoms with Crippen LogP contribution in [0.4, 0.5) is 5.69 Å². The number of aromatic nitrogens is 1.